The molecule has 1 fully saturated rings. The number of nitrogens with zero attached hydrogens (tertiary/aromatic N) is 2. The third kappa shape index (κ3) is 3.29. The molecule has 1 N–H and O–H groups in total. The lowest BCUT2D eigenvalue weighted by Crippen LogP contribution is -2.40. The highest BCUT2D eigenvalue weighted by Gasteiger charge is 2.42. The van der Waals surface area contributed by atoms with Crippen molar-refractivity contribution < 1.29 is 14.3 Å². The SMILES string of the molecule is COc1cccc([C@@H]2C(C(=O)Nc3ccccc3)=C(C)N=C3SCC(=O)N32)c1. The van der Waals surface area contributed by atoms with E-state index in [2.05, 4.69) is 10.3 Å². The fourth-order valence-electron chi connectivity index (χ4n) is 3.38. The minimum atomic E-state index is -0.547. The number of benzene rings is 2. The average molecular weight is 393 g/mol. The molecule has 4 rings (SSSR count). The average Bonchev–Trinajstić information content (AvgIpc) is 3.07. The molecule has 0 saturated carbocycles. The van der Waals surface area contributed by atoms with E-state index < -0.39 is 6.04 Å². The number of hydrogen-bond acceptors (Lipinski definition) is 5. The number of thioether (sulfide) groups is 1. The van der Waals surface area contributed by atoms with Crippen LogP contribution in [0.5, 0.6) is 5.75 Å². The van der Waals surface area contributed by atoms with Crippen molar-refractivity contribution in [1.82, 2.24) is 4.90 Å². The van der Waals surface area contributed by atoms with Crippen molar-refractivity contribution in [2.24, 2.45) is 4.99 Å². The smallest absolute Gasteiger partial charge is 0.255 e. The number of hydrogen-bond donors (Lipinski definition) is 1. The maximum Gasteiger partial charge on any atom is 0.255 e. The number of ether oxygens (including phenoxy) is 1. The zero-order valence-electron chi connectivity index (χ0n) is 15.5. The number of nitrogens with one attached hydrogen (secondary N) is 1. The fourth-order valence-corrected chi connectivity index (χ4v) is 4.32. The molecule has 2 aromatic rings. The predicted octanol–water partition coefficient (Wildman–Crippen LogP) is 3.59. The van der Waals surface area contributed by atoms with Crippen molar-refractivity contribution >= 4 is 34.4 Å². The van der Waals surface area contributed by atoms with Crippen molar-refractivity contribution in [3.8, 4) is 5.75 Å². The zero-order chi connectivity index (χ0) is 19.7. The Bertz CT molecular complexity index is 1000. The van der Waals surface area contributed by atoms with Gasteiger partial charge in [-0.15, -0.1) is 0 Å². The largest absolute Gasteiger partial charge is 0.497 e. The van der Waals surface area contributed by atoms with Gasteiger partial charge in [-0.05, 0) is 36.8 Å². The second kappa shape index (κ2) is 7.52. The van der Waals surface area contributed by atoms with Gasteiger partial charge in [0, 0.05) is 5.69 Å². The van der Waals surface area contributed by atoms with Gasteiger partial charge in [0.05, 0.1) is 30.2 Å². The van der Waals surface area contributed by atoms with Crippen LogP contribution in [0.2, 0.25) is 0 Å². The van der Waals surface area contributed by atoms with Crippen LogP contribution in [0.3, 0.4) is 0 Å². The molecule has 0 spiro atoms. The van der Waals surface area contributed by atoms with Gasteiger partial charge in [-0.25, -0.2) is 4.99 Å². The van der Waals surface area contributed by atoms with Crippen molar-refractivity contribution in [2.75, 3.05) is 18.2 Å². The molecule has 2 aromatic carbocycles. The summed E-state index contributed by atoms with van der Waals surface area (Å²) in [6.07, 6.45) is 0. The summed E-state index contributed by atoms with van der Waals surface area (Å²) in [4.78, 5) is 32.0. The molecule has 2 aliphatic heterocycles. The van der Waals surface area contributed by atoms with Crippen LogP contribution in [0.15, 0.2) is 70.9 Å². The number of anilines is 1. The van der Waals surface area contributed by atoms with E-state index in [1.54, 1.807) is 18.9 Å². The second-order valence-corrected chi connectivity index (χ2v) is 7.39. The van der Waals surface area contributed by atoms with Crippen LogP contribution in [0.1, 0.15) is 18.5 Å². The van der Waals surface area contributed by atoms with Gasteiger partial charge >= 0.3 is 0 Å². The van der Waals surface area contributed by atoms with Gasteiger partial charge in [-0.2, -0.15) is 0 Å². The van der Waals surface area contributed by atoms with Crippen LogP contribution in [-0.2, 0) is 9.59 Å². The van der Waals surface area contributed by atoms with E-state index in [9.17, 15) is 9.59 Å². The number of allylic oxidation sites excluding steroid dienone is 1. The first-order valence-corrected chi connectivity index (χ1v) is 9.81. The van der Waals surface area contributed by atoms with Crippen molar-refractivity contribution in [3.63, 3.8) is 0 Å². The topological polar surface area (TPSA) is 71.0 Å². The summed E-state index contributed by atoms with van der Waals surface area (Å²) in [6.45, 7) is 1.81. The maximum atomic E-state index is 13.2. The Morgan fingerprint density at radius 3 is 2.75 bits per heavy atom. The van der Waals surface area contributed by atoms with E-state index in [0.29, 0.717) is 33.6 Å². The van der Waals surface area contributed by atoms with Gasteiger partial charge < -0.3 is 10.1 Å². The van der Waals surface area contributed by atoms with Gasteiger partial charge in [0.2, 0.25) is 5.91 Å². The monoisotopic (exact) mass is 393 g/mol. The molecule has 2 amide bonds. The lowest BCUT2D eigenvalue weighted by molar-refractivity contribution is -0.125. The molecule has 2 aliphatic rings. The molecule has 0 aromatic heterocycles. The number of aliphatic imine (C=N–C) groups is 1. The third-order valence-corrected chi connectivity index (χ3v) is 5.61. The van der Waals surface area contributed by atoms with Crippen LogP contribution in [-0.4, -0.2) is 34.7 Å². The lowest BCUT2D eigenvalue weighted by atomic mass is 9.93. The molecule has 2 heterocycles. The summed E-state index contributed by atoms with van der Waals surface area (Å²) in [5.74, 6) is 0.652. The number of rotatable bonds is 4. The summed E-state index contributed by atoms with van der Waals surface area (Å²) >= 11 is 1.39. The van der Waals surface area contributed by atoms with Crippen molar-refractivity contribution in [1.29, 1.82) is 0 Å². The van der Waals surface area contributed by atoms with Gasteiger partial charge in [0.15, 0.2) is 5.17 Å². The normalized spacial score (nSPS) is 18.6. The van der Waals surface area contributed by atoms with E-state index >= 15 is 0 Å². The number of amidine groups is 1. The fraction of sp³-hybridized carbons (Fsp3) is 0.190. The summed E-state index contributed by atoms with van der Waals surface area (Å²) in [7, 11) is 1.59. The third-order valence-electron chi connectivity index (χ3n) is 4.67. The molecule has 7 heteroatoms. The Kier molecular flexibility index (Phi) is 4.92. The number of methoxy groups -OCH3 is 1. The quantitative estimate of drug-likeness (QED) is 0.862. The summed E-state index contributed by atoms with van der Waals surface area (Å²) in [6, 6.07) is 16.1. The van der Waals surface area contributed by atoms with Gasteiger partial charge in [0.1, 0.15) is 5.75 Å². The molecule has 0 unspecified atom stereocenters. The van der Waals surface area contributed by atoms with Crippen molar-refractivity contribution in [2.45, 2.75) is 13.0 Å². The second-order valence-electron chi connectivity index (χ2n) is 6.45. The molecule has 1 saturated heterocycles. The highest BCUT2D eigenvalue weighted by molar-refractivity contribution is 8.15. The van der Waals surface area contributed by atoms with E-state index in [1.807, 2.05) is 54.6 Å². The number of fused-ring (bicyclic) bond motifs is 1. The minimum absolute atomic E-state index is 0.0610. The molecule has 6 nitrogen and oxygen atoms in total. The van der Waals surface area contributed by atoms with Crippen LogP contribution in [0.25, 0.3) is 0 Å². The molecule has 1 atom stereocenters. The van der Waals surface area contributed by atoms with E-state index in [0.717, 1.165) is 5.56 Å². The number of para-hydroxylation sites is 1. The number of carbonyl (C=O) groups is 2. The lowest BCUT2D eigenvalue weighted by Gasteiger charge is -2.33. The Balaban J connectivity index is 1.79. The predicted molar refractivity (Wildman–Crippen MR) is 110 cm³/mol. The Morgan fingerprint density at radius 1 is 1.21 bits per heavy atom. The maximum absolute atomic E-state index is 13.2. The van der Waals surface area contributed by atoms with E-state index in [-0.39, 0.29) is 11.8 Å². The molecular formula is C21H19N3O3S. The highest BCUT2D eigenvalue weighted by atomic mass is 32.2. The minimum Gasteiger partial charge on any atom is -0.497 e. The Hall–Kier alpha value is -3.06. The van der Waals surface area contributed by atoms with Crippen LogP contribution in [0, 0.1) is 0 Å². The first kappa shape index (κ1) is 18.3. The van der Waals surface area contributed by atoms with E-state index in [1.165, 1.54) is 11.8 Å². The molecule has 142 valence electrons. The summed E-state index contributed by atoms with van der Waals surface area (Å²) in [5.41, 5.74) is 2.56. The van der Waals surface area contributed by atoms with Gasteiger partial charge in [-0.1, -0.05) is 42.1 Å². The Labute approximate surface area is 167 Å². The summed E-state index contributed by atoms with van der Waals surface area (Å²) < 4.78 is 5.35. The van der Waals surface area contributed by atoms with Crippen LogP contribution < -0.4 is 10.1 Å². The molecule has 28 heavy (non-hydrogen) atoms. The first-order chi connectivity index (χ1) is 13.6. The van der Waals surface area contributed by atoms with E-state index in [4.69, 9.17) is 4.74 Å². The van der Waals surface area contributed by atoms with Gasteiger partial charge in [-0.3, -0.25) is 14.5 Å². The number of carbonyl (C=O) groups excluding carboxylic acids is 2. The van der Waals surface area contributed by atoms with Gasteiger partial charge in [0.25, 0.3) is 5.91 Å². The zero-order valence-corrected chi connectivity index (χ0v) is 16.3. The first-order valence-electron chi connectivity index (χ1n) is 8.83. The Morgan fingerprint density at radius 2 is 2.00 bits per heavy atom. The number of amides is 2. The highest BCUT2D eigenvalue weighted by Crippen LogP contribution is 2.41. The molecule has 0 radical (unpaired) electrons. The van der Waals surface area contributed by atoms with Crippen molar-refractivity contribution in [3.05, 3.63) is 71.4 Å². The molecule has 0 bridgehead atoms. The molecular weight excluding hydrogens is 374 g/mol. The molecule has 0 aliphatic carbocycles. The van der Waals surface area contributed by atoms with Crippen LogP contribution in [0.4, 0.5) is 5.69 Å². The standard InChI is InChI=1S/C21H19N3O3S/c1-13-18(20(26)23-15-8-4-3-5-9-15)19(14-7-6-10-16(11-14)27-2)24-17(25)12-28-21(24)22-13/h3-11,19H,12H2,1-2H3,(H,23,26)/t19-/m1/s1. The van der Waals surface area contributed by atoms with Crippen LogP contribution >= 0.6 is 11.8 Å². The summed E-state index contributed by atoms with van der Waals surface area (Å²) in [5, 5.41) is 3.55.